The highest BCUT2D eigenvalue weighted by Gasteiger charge is 2.26. The van der Waals surface area contributed by atoms with E-state index >= 15 is 0 Å². The summed E-state index contributed by atoms with van der Waals surface area (Å²) in [6, 6.07) is 0.338. The molecule has 1 fully saturated rings. The van der Waals surface area contributed by atoms with Gasteiger partial charge in [-0.1, -0.05) is 0 Å². The van der Waals surface area contributed by atoms with E-state index in [0.717, 1.165) is 19.2 Å². The molecule has 0 saturated carbocycles. The van der Waals surface area contributed by atoms with E-state index in [0.29, 0.717) is 25.8 Å². The van der Waals surface area contributed by atoms with Crippen molar-refractivity contribution in [3.8, 4) is 0 Å². The second-order valence-electron chi connectivity index (χ2n) is 4.04. The van der Waals surface area contributed by atoms with Crippen LogP contribution >= 0.6 is 0 Å². The quantitative estimate of drug-likeness (QED) is 0.746. The van der Waals surface area contributed by atoms with E-state index in [1.54, 1.807) is 7.11 Å². The number of carboxylic acids is 1. The van der Waals surface area contributed by atoms with Crippen LogP contribution in [0.15, 0.2) is 10.7 Å². The average Bonchev–Trinajstić information content (AvgIpc) is 2.97. The molecule has 1 atom stereocenters. The number of aromatic carboxylic acids is 1. The van der Waals surface area contributed by atoms with Gasteiger partial charge in [0.15, 0.2) is 5.69 Å². The third kappa shape index (κ3) is 2.99. The van der Waals surface area contributed by atoms with Gasteiger partial charge in [-0.2, -0.15) is 4.98 Å². The second kappa shape index (κ2) is 5.83. The maximum Gasteiger partial charge on any atom is 0.357 e. The molecule has 0 amide bonds. The van der Waals surface area contributed by atoms with Crippen LogP contribution in [0.25, 0.3) is 0 Å². The van der Waals surface area contributed by atoms with E-state index in [1.807, 2.05) is 4.90 Å². The minimum Gasteiger partial charge on any atom is -0.476 e. The van der Waals surface area contributed by atoms with Crippen molar-refractivity contribution in [1.82, 2.24) is 4.98 Å². The predicted molar refractivity (Wildman–Crippen MR) is 61.9 cm³/mol. The largest absolute Gasteiger partial charge is 0.476 e. The minimum absolute atomic E-state index is 0.0752. The van der Waals surface area contributed by atoms with Gasteiger partial charge in [0.25, 0.3) is 6.01 Å². The highest BCUT2D eigenvalue weighted by molar-refractivity contribution is 5.85. The van der Waals surface area contributed by atoms with Gasteiger partial charge in [0, 0.05) is 20.2 Å². The summed E-state index contributed by atoms with van der Waals surface area (Å²) < 4.78 is 15.6. The first-order chi connectivity index (χ1) is 8.70. The third-order valence-electron chi connectivity index (χ3n) is 2.77. The number of aromatic nitrogens is 1. The van der Waals surface area contributed by atoms with Crippen LogP contribution < -0.4 is 4.90 Å². The lowest BCUT2D eigenvalue weighted by Gasteiger charge is -2.13. The van der Waals surface area contributed by atoms with Crippen LogP contribution in [0.4, 0.5) is 6.01 Å². The van der Waals surface area contributed by atoms with Gasteiger partial charge in [0.1, 0.15) is 6.26 Å². The summed E-state index contributed by atoms with van der Waals surface area (Å²) in [5.74, 6) is -1.09. The molecule has 100 valence electrons. The SMILES string of the molecule is COCCO[C@H]1CCN(c2nc(C(=O)O)co2)C1. The first-order valence-corrected chi connectivity index (χ1v) is 5.75. The Morgan fingerprint density at radius 3 is 3.17 bits per heavy atom. The Bertz CT molecular complexity index is 406. The lowest BCUT2D eigenvalue weighted by atomic mass is 10.3. The number of hydrogen-bond acceptors (Lipinski definition) is 6. The van der Waals surface area contributed by atoms with E-state index in [-0.39, 0.29) is 11.8 Å². The summed E-state index contributed by atoms with van der Waals surface area (Å²) in [6.07, 6.45) is 2.13. The maximum absolute atomic E-state index is 10.7. The number of nitrogens with zero attached hydrogens (tertiary/aromatic N) is 2. The lowest BCUT2D eigenvalue weighted by Crippen LogP contribution is -2.24. The number of ether oxygens (including phenoxy) is 2. The van der Waals surface area contributed by atoms with Crippen molar-refractivity contribution in [3.05, 3.63) is 12.0 Å². The molecule has 7 heteroatoms. The fourth-order valence-corrected chi connectivity index (χ4v) is 1.84. The molecule has 7 nitrogen and oxygen atoms in total. The first-order valence-electron chi connectivity index (χ1n) is 5.75. The fraction of sp³-hybridized carbons (Fsp3) is 0.636. The molecule has 2 heterocycles. The number of carboxylic acid groups (broad SMARTS) is 1. The average molecular weight is 256 g/mol. The van der Waals surface area contributed by atoms with Crippen LogP contribution in [-0.2, 0) is 9.47 Å². The van der Waals surface area contributed by atoms with E-state index in [1.165, 1.54) is 0 Å². The summed E-state index contributed by atoms with van der Waals surface area (Å²) in [7, 11) is 1.63. The molecule has 1 aromatic rings. The number of oxazole rings is 1. The second-order valence-corrected chi connectivity index (χ2v) is 4.04. The molecule has 0 aliphatic carbocycles. The predicted octanol–water partition coefficient (Wildman–Crippen LogP) is 0.615. The Morgan fingerprint density at radius 1 is 1.67 bits per heavy atom. The molecule has 0 spiro atoms. The van der Waals surface area contributed by atoms with Gasteiger partial charge in [0.2, 0.25) is 0 Å². The van der Waals surface area contributed by atoms with Crippen LogP contribution in [0.5, 0.6) is 0 Å². The zero-order valence-corrected chi connectivity index (χ0v) is 10.2. The highest BCUT2D eigenvalue weighted by Crippen LogP contribution is 2.21. The fourth-order valence-electron chi connectivity index (χ4n) is 1.84. The van der Waals surface area contributed by atoms with Crippen molar-refractivity contribution in [2.24, 2.45) is 0 Å². The van der Waals surface area contributed by atoms with Crippen LogP contribution in [0.1, 0.15) is 16.9 Å². The Hall–Kier alpha value is -1.60. The molecule has 1 N–H and O–H groups in total. The van der Waals surface area contributed by atoms with Crippen LogP contribution in [-0.4, -0.2) is 55.6 Å². The third-order valence-corrected chi connectivity index (χ3v) is 2.77. The zero-order valence-electron chi connectivity index (χ0n) is 10.2. The number of anilines is 1. The van der Waals surface area contributed by atoms with Crippen molar-refractivity contribution in [1.29, 1.82) is 0 Å². The molecule has 18 heavy (non-hydrogen) atoms. The normalized spacial score (nSPS) is 19.4. The zero-order chi connectivity index (χ0) is 13.0. The molecule has 1 saturated heterocycles. The Morgan fingerprint density at radius 2 is 2.50 bits per heavy atom. The lowest BCUT2D eigenvalue weighted by molar-refractivity contribution is 0.0279. The summed E-state index contributed by atoms with van der Waals surface area (Å²) in [5, 5.41) is 8.76. The van der Waals surface area contributed by atoms with Crippen molar-refractivity contribution in [3.63, 3.8) is 0 Å². The van der Waals surface area contributed by atoms with Crippen LogP contribution in [0.3, 0.4) is 0 Å². The van der Waals surface area contributed by atoms with Gasteiger partial charge >= 0.3 is 5.97 Å². The number of methoxy groups -OCH3 is 1. The van der Waals surface area contributed by atoms with Gasteiger partial charge < -0.3 is 23.9 Å². The van der Waals surface area contributed by atoms with Gasteiger partial charge in [-0.3, -0.25) is 0 Å². The maximum atomic E-state index is 10.7. The summed E-state index contributed by atoms with van der Waals surface area (Å²) in [6.45, 7) is 2.53. The van der Waals surface area contributed by atoms with E-state index in [4.69, 9.17) is 19.0 Å². The van der Waals surface area contributed by atoms with Crippen molar-refractivity contribution >= 4 is 12.0 Å². The number of rotatable bonds is 6. The van der Waals surface area contributed by atoms with Crippen LogP contribution in [0.2, 0.25) is 0 Å². The van der Waals surface area contributed by atoms with Gasteiger partial charge in [-0.25, -0.2) is 4.79 Å². The van der Waals surface area contributed by atoms with E-state index in [9.17, 15) is 4.79 Å². The molecular weight excluding hydrogens is 240 g/mol. The van der Waals surface area contributed by atoms with Crippen LogP contribution in [0, 0.1) is 0 Å². The Labute approximate surface area is 104 Å². The Balaban J connectivity index is 1.85. The summed E-state index contributed by atoms with van der Waals surface area (Å²) in [5.41, 5.74) is -0.0752. The smallest absolute Gasteiger partial charge is 0.357 e. The van der Waals surface area contributed by atoms with Gasteiger partial charge in [0.05, 0.1) is 19.3 Å². The summed E-state index contributed by atoms with van der Waals surface area (Å²) in [4.78, 5) is 16.5. The van der Waals surface area contributed by atoms with E-state index < -0.39 is 5.97 Å². The summed E-state index contributed by atoms with van der Waals surface area (Å²) >= 11 is 0. The highest BCUT2D eigenvalue weighted by atomic mass is 16.5. The molecule has 2 rings (SSSR count). The number of hydrogen-bond donors (Lipinski definition) is 1. The standard InChI is InChI=1S/C11H16N2O5/c1-16-4-5-17-8-2-3-13(6-8)11-12-9(7-18-11)10(14)15/h7-8H,2-6H2,1H3,(H,14,15)/t8-/m0/s1. The monoisotopic (exact) mass is 256 g/mol. The molecular formula is C11H16N2O5. The Kier molecular flexibility index (Phi) is 4.16. The molecule has 1 aliphatic rings. The van der Waals surface area contributed by atoms with Crippen molar-refractivity contribution in [2.45, 2.75) is 12.5 Å². The molecule has 1 aliphatic heterocycles. The molecule has 0 aromatic carbocycles. The first kappa shape index (κ1) is 12.8. The number of carbonyl (C=O) groups is 1. The molecule has 0 bridgehead atoms. The van der Waals surface area contributed by atoms with Crippen molar-refractivity contribution < 1.29 is 23.8 Å². The van der Waals surface area contributed by atoms with Crippen molar-refractivity contribution in [2.75, 3.05) is 38.3 Å². The van der Waals surface area contributed by atoms with Gasteiger partial charge in [-0.15, -0.1) is 0 Å². The molecule has 0 radical (unpaired) electrons. The van der Waals surface area contributed by atoms with E-state index in [2.05, 4.69) is 4.98 Å². The minimum atomic E-state index is -1.09. The molecule has 0 unspecified atom stereocenters. The van der Waals surface area contributed by atoms with Gasteiger partial charge in [-0.05, 0) is 6.42 Å². The molecule has 1 aromatic heterocycles. The topological polar surface area (TPSA) is 85.0 Å².